The Morgan fingerprint density at radius 3 is 2.00 bits per heavy atom. The second-order valence-corrected chi connectivity index (χ2v) is 5.67. The van der Waals surface area contributed by atoms with Crippen LogP contribution in [0.3, 0.4) is 0 Å². The van der Waals surface area contributed by atoms with E-state index in [1.807, 2.05) is 0 Å². The zero-order valence-corrected chi connectivity index (χ0v) is 13.0. The van der Waals surface area contributed by atoms with Crippen molar-refractivity contribution in [2.75, 3.05) is 7.11 Å². The van der Waals surface area contributed by atoms with Crippen LogP contribution in [0.1, 0.15) is 10.4 Å². The summed E-state index contributed by atoms with van der Waals surface area (Å²) in [6, 6.07) is 6.04. The van der Waals surface area contributed by atoms with Gasteiger partial charge in [-0.05, 0) is 35.7 Å². The van der Waals surface area contributed by atoms with E-state index in [0.717, 1.165) is 30.3 Å². The lowest BCUT2D eigenvalue weighted by Crippen LogP contribution is -2.38. The highest BCUT2D eigenvalue weighted by molar-refractivity contribution is 7.10. The first-order valence-electron chi connectivity index (χ1n) is 6.57. The smallest absolute Gasteiger partial charge is 0.336 e. The van der Waals surface area contributed by atoms with Gasteiger partial charge in [-0.15, -0.1) is 11.3 Å². The summed E-state index contributed by atoms with van der Waals surface area (Å²) in [4.78, 5) is -0.755. The Kier molecular flexibility index (Phi) is 5.44. The molecule has 1 aromatic carbocycles. The lowest BCUT2D eigenvalue weighted by atomic mass is 10.1. The molecule has 24 heavy (non-hydrogen) atoms. The fourth-order valence-corrected chi connectivity index (χ4v) is 2.51. The van der Waals surface area contributed by atoms with Crippen LogP contribution < -0.4 is 4.74 Å². The van der Waals surface area contributed by atoms with Crippen molar-refractivity contribution in [3.05, 3.63) is 52.2 Å². The van der Waals surface area contributed by atoms with Crippen LogP contribution in [0.2, 0.25) is 0 Å². The summed E-state index contributed by atoms with van der Waals surface area (Å²) in [5.74, 6) is -8.32. The van der Waals surface area contributed by atoms with Crippen LogP contribution in [0.5, 0.6) is 5.75 Å². The molecule has 0 amide bonds. The number of alkyl halides is 6. The maximum absolute atomic E-state index is 13.9. The minimum absolute atomic E-state index is 0.235. The minimum atomic E-state index is -4.32. The number of benzene rings is 1. The van der Waals surface area contributed by atoms with Crippen LogP contribution in [-0.4, -0.2) is 19.8 Å². The Balaban J connectivity index is 2.13. The van der Waals surface area contributed by atoms with Gasteiger partial charge < -0.3 is 9.47 Å². The highest BCUT2D eigenvalue weighted by Gasteiger charge is 2.51. The number of hydrogen-bond acceptors (Lipinski definition) is 3. The van der Waals surface area contributed by atoms with E-state index in [0.29, 0.717) is 11.3 Å². The molecule has 9 heteroatoms. The zero-order chi connectivity index (χ0) is 18.0. The average molecular weight is 370 g/mol. The third kappa shape index (κ3) is 3.67. The summed E-state index contributed by atoms with van der Waals surface area (Å²) in [6.45, 7) is 0. The van der Waals surface area contributed by atoms with Crippen LogP contribution >= 0.6 is 11.3 Å². The molecular formula is C15H12F6O2S. The van der Waals surface area contributed by atoms with Crippen molar-refractivity contribution in [3.63, 3.8) is 0 Å². The van der Waals surface area contributed by atoms with Gasteiger partial charge in [-0.1, -0.05) is 6.07 Å². The first kappa shape index (κ1) is 18.6. The summed E-state index contributed by atoms with van der Waals surface area (Å²) in [5.41, 5.74) is -0.859. The molecule has 2 atom stereocenters. The number of rotatable bonds is 7. The molecule has 1 heterocycles. The molecule has 1 aromatic heterocycles. The predicted molar refractivity (Wildman–Crippen MR) is 76.0 cm³/mol. The van der Waals surface area contributed by atoms with Gasteiger partial charge in [0.2, 0.25) is 0 Å². The summed E-state index contributed by atoms with van der Waals surface area (Å²) < 4.78 is 91.0. The quantitative estimate of drug-likeness (QED) is 0.620. The van der Waals surface area contributed by atoms with Gasteiger partial charge >= 0.3 is 11.8 Å². The van der Waals surface area contributed by atoms with Gasteiger partial charge in [-0.2, -0.15) is 17.6 Å². The fraction of sp³-hybridized carbons (Fsp3) is 0.333. The van der Waals surface area contributed by atoms with Gasteiger partial charge in [0.25, 0.3) is 12.7 Å². The van der Waals surface area contributed by atoms with Crippen LogP contribution in [0.25, 0.3) is 0 Å². The van der Waals surface area contributed by atoms with E-state index in [-0.39, 0.29) is 5.75 Å². The molecule has 0 saturated carbocycles. The summed E-state index contributed by atoms with van der Waals surface area (Å²) in [5, 5.41) is 1.24. The molecule has 0 aliphatic carbocycles. The van der Waals surface area contributed by atoms with Gasteiger partial charge in [0.1, 0.15) is 5.75 Å². The lowest BCUT2D eigenvalue weighted by Gasteiger charge is -2.26. The van der Waals surface area contributed by atoms with E-state index in [2.05, 4.69) is 4.74 Å². The van der Waals surface area contributed by atoms with Crippen molar-refractivity contribution in [1.82, 2.24) is 0 Å². The molecule has 132 valence electrons. The molecule has 0 unspecified atom stereocenters. The number of hydrogen-bond donors (Lipinski definition) is 0. The van der Waals surface area contributed by atoms with Gasteiger partial charge in [-0.25, -0.2) is 8.78 Å². The van der Waals surface area contributed by atoms with Crippen LogP contribution in [0.4, 0.5) is 26.3 Å². The van der Waals surface area contributed by atoms with Gasteiger partial charge in [0.15, 0.2) is 0 Å². The van der Waals surface area contributed by atoms with Crippen molar-refractivity contribution >= 4 is 11.3 Å². The van der Waals surface area contributed by atoms with Crippen molar-refractivity contribution in [3.8, 4) is 5.75 Å². The molecule has 0 bridgehead atoms. The number of thiophene rings is 1. The standard InChI is InChI=1S/C15H12F6O2S/c1-22-10-6-4-9(5-7-10)14(18,19)12(16)23-13(17)15(20,21)11-3-2-8-24-11/h2-8,12-13H,1H3/t12-,13+/m1/s1. The average Bonchev–Trinajstić information content (AvgIpc) is 3.10. The van der Waals surface area contributed by atoms with Crippen molar-refractivity contribution in [2.24, 2.45) is 0 Å². The van der Waals surface area contributed by atoms with Crippen LogP contribution in [0.15, 0.2) is 41.8 Å². The zero-order valence-electron chi connectivity index (χ0n) is 12.2. The molecule has 0 aliphatic rings. The Bertz CT molecular complexity index is 644. The lowest BCUT2D eigenvalue weighted by molar-refractivity contribution is -0.294. The molecule has 0 saturated heterocycles. The molecular weight excluding hydrogens is 358 g/mol. The topological polar surface area (TPSA) is 18.5 Å². The largest absolute Gasteiger partial charge is 0.497 e. The minimum Gasteiger partial charge on any atom is -0.497 e. The molecule has 2 aromatic rings. The third-order valence-corrected chi connectivity index (χ3v) is 4.09. The molecule has 0 spiro atoms. The highest BCUT2D eigenvalue weighted by atomic mass is 32.1. The second kappa shape index (κ2) is 7.02. The third-order valence-electron chi connectivity index (χ3n) is 3.13. The normalized spacial score (nSPS) is 15.1. The van der Waals surface area contributed by atoms with E-state index in [9.17, 15) is 26.3 Å². The van der Waals surface area contributed by atoms with E-state index in [1.165, 1.54) is 18.6 Å². The fourth-order valence-electron chi connectivity index (χ4n) is 1.80. The first-order chi connectivity index (χ1) is 11.2. The van der Waals surface area contributed by atoms with Crippen LogP contribution in [0, 0.1) is 0 Å². The summed E-state index contributed by atoms with van der Waals surface area (Å²) in [6.07, 6.45) is -7.15. The number of ether oxygens (including phenoxy) is 2. The second-order valence-electron chi connectivity index (χ2n) is 4.72. The predicted octanol–water partition coefficient (Wildman–Crippen LogP) is 5.25. The highest BCUT2D eigenvalue weighted by Crippen LogP contribution is 2.41. The summed E-state index contributed by atoms with van der Waals surface area (Å²) in [7, 11) is 1.30. The Hall–Kier alpha value is -1.74. The van der Waals surface area contributed by atoms with E-state index in [4.69, 9.17) is 4.74 Å². The first-order valence-corrected chi connectivity index (χ1v) is 7.45. The Morgan fingerprint density at radius 1 is 0.917 bits per heavy atom. The Morgan fingerprint density at radius 2 is 1.50 bits per heavy atom. The Labute approximate surface area is 137 Å². The van der Waals surface area contributed by atoms with Crippen LogP contribution in [-0.2, 0) is 16.6 Å². The van der Waals surface area contributed by atoms with Crippen molar-refractivity contribution in [2.45, 2.75) is 24.6 Å². The van der Waals surface area contributed by atoms with Gasteiger partial charge in [0, 0.05) is 5.56 Å². The molecule has 0 N–H and O–H groups in total. The van der Waals surface area contributed by atoms with E-state index >= 15 is 0 Å². The monoisotopic (exact) mass is 370 g/mol. The maximum Gasteiger partial charge on any atom is 0.336 e. The molecule has 2 rings (SSSR count). The number of halogens is 6. The van der Waals surface area contributed by atoms with E-state index < -0.39 is 35.0 Å². The van der Waals surface area contributed by atoms with Crippen molar-refractivity contribution in [1.29, 1.82) is 0 Å². The van der Waals surface area contributed by atoms with Gasteiger partial charge in [-0.3, -0.25) is 0 Å². The van der Waals surface area contributed by atoms with E-state index in [1.54, 1.807) is 0 Å². The van der Waals surface area contributed by atoms with Crippen molar-refractivity contribution < 1.29 is 35.8 Å². The molecule has 0 radical (unpaired) electrons. The summed E-state index contributed by atoms with van der Waals surface area (Å²) >= 11 is 0.499. The number of methoxy groups -OCH3 is 1. The molecule has 2 nitrogen and oxygen atoms in total. The molecule has 0 aliphatic heterocycles. The maximum atomic E-state index is 13.9. The SMILES string of the molecule is COc1ccc(C(F)(F)[C@H](F)O[C@H](F)C(F)(F)c2cccs2)cc1. The molecule has 0 fully saturated rings. The van der Waals surface area contributed by atoms with Gasteiger partial charge in [0.05, 0.1) is 12.0 Å².